The average molecular weight is 314 g/mol. The van der Waals surface area contributed by atoms with Crippen LogP contribution in [0.25, 0.3) is 0 Å². The second-order valence-corrected chi connectivity index (χ2v) is 5.24. The van der Waals surface area contributed by atoms with Crippen molar-refractivity contribution in [3.63, 3.8) is 0 Å². The molecule has 0 unspecified atom stereocenters. The zero-order chi connectivity index (χ0) is 13.8. The number of halogens is 2. The summed E-state index contributed by atoms with van der Waals surface area (Å²) in [5, 5.41) is 5.19. The molecule has 1 aromatic heterocycles. The summed E-state index contributed by atoms with van der Waals surface area (Å²) in [7, 11) is 0. The van der Waals surface area contributed by atoms with E-state index in [-0.39, 0.29) is 17.6 Å². The van der Waals surface area contributed by atoms with Crippen molar-refractivity contribution in [1.82, 2.24) is 0 Å². The van der Waals surface area contributed by atoms with Crippen LogP contribution in [0.4, 0.5) is 5.00 Å². The molecule has 0 aliphatic heterocycles. The Kier molecular flexibility index (Phi) is 4.58. The summed E-state index contributed by atoms with van der Waals surface area (Å²) >= 11 is 12.7. The number of thiophene rings is 1. The lowest BCUT2D eigenvalue weighted by Gasteiger charge is -2.05. The third-order valence-corrected chi connectivity index (χ3v) is 3.80. The Morgan fingerprint density at radius 2 is 1.89 bits per heavy atom. The molecular formula is C13H9Cl2NO2S. The highest BCUT2D eigenvalue weighted by molar-refractivity contribution is 7.14. The third kappa shape index (κ3) is 3.15. The number of benzene rings is 1. The SMILES string of the molecule is O=C(CCl)Nc1sccc1C(=O)c1ccccc1Cl. The number of alkyl halides is 1. The quantitative estimate of drug-likeness (QED) is 0.689. The minimum atomic E-state index is -0.350. The van der Waals surface area contributed by atoms with Gasteiger partial charge in [0.2, 0.25) is 5.91 Å². The van der Waals surface area contributed by atoms with Gasteiger partial charge in [-0.15, -0.1) is 22.9 Å². The number of amides is 1. The van der Waals surface area contributed by atoms with Gasteiger partial charge in [0.15, 0.2) is 5.78 Å². The minimum absolute atomic E-state index is 0.155. The smallest absolute Gasteiger partial charge is 0.239 e. The van der Waals surface area contributed by atoms with Gasteiger partial charge in [-0.1, -0.05) is 23.7 Å². The monoisotopic (exact) mass is 313 g/mol. The number of hydrogen-bond acceptors (Lipinski definition) is 3. The molecule has 3 nitrogen and oxygen atoms in total. The largest absolute Gasteiger partial charge is 0.316 e. The van der Waals surface area contributed by atoms with E-state index >= 15 is 0 Å². The van der Waals surface area contributed by atoms with E-state index in [9.17, 15) is 9.59 Å². The lowest BCUT2D eigenvalue weighted by atomic mass is 10.1. The van der Waals surface area contributed by atoms with Crippen LogP contribution in [-0.2, 0) is 4.79 Å². The van der Waals surface area contributed by atoms with Crippen LogP contribution in [0.15, 0.2) is 35.7 Å². The van der Waals surface area contributed by atoms with Gasteiger partial charge in [-0.05, 0) is 23.6 Å². The maximum atomic E-state index is 12.4. The lowest BCUT2D eigenvalue weighted by molar-refractivity contribution is -0.113. The van der Waals surface area contributed by atoms with Crippen LogP contribution >= 0.6 is 34.5 Å². The first-order chi connectivity index (χ1) is 9.13. The maximum absolute atomic E-state index is 12.4. The van der Waals surface area contributed by atoms with E-state index in [1.807, 2.05) is 0 Å². The van der Waals surface area contributed by atoms with Gasteiger partial charge in [0.05, 0.1) is 10.6 Å². The van der Waals surface area contributed by atoms with Crippen molar-refractivity contribution in [3.05, 3.63) is 51.9 Å². The molecule has 1 aromatic carbocycles. The first kappa shape index (κ1) is 14.1. The number of anilines is 1. The van der Waals surface area contributed by atoms with Crippen LogP contribution in [0.5, 0.6) is 0 Å². The Balaban J connectivity index is 2.33. The van der Waals surface area contributed by atoms with Crippen LogP contribution in [0.3, 0.4) is 0 Å². The molecule has 0 aliphatic rings. The molecule has 2 rings (SSSR count). The number of nitrogens with one attached hydrogen (secondary N) is 1. The molecule has 0 atom stereocenters. The predicted molar refractivity (Wildman–Crippen MR) is 78.6 cm³/mol. The first-order valence-corrected chi connectivity index (χ1v) is 7.15. The second-order valence-electron chi connectivity index (χ2n) is 3.65. The Labute approximate surface area is 124 Å². The fourth-order valence-electron chi connectivity index (χ4n) is 1.54. The summed E-state index contributed by atoms with van der Waals surface area (Å²) in [5.74, 6) is -0.730. The van der Waals surface area contributed by atoms with Gasteiger partial charge in [-0.2, -0.15) is 0 Å². The molecule has 98 valence electrons. The first-order valence-electron chi connectivity index (χ1n) is 5.36. The summed E-state index contributed by atoms with van der Waals surface area (Å²) < 4.78 is 0. The molecule has 0 spiro atoms. The molecule has 6 heteroatoms. The van der Waals surface area contributed by atoms with Gasteiger partial charge in [-0.3, -0.25) is 9.59 Å². The molecule has 0 bridgehead atoms. The molecule has 1 N–H and O–H groups in total. The topological polar surface area (TPSA) is 46.2 Å². The molecule has 0 saturated carbocycles. The van der Waals surface area contributed by atoms with Crippen LogP contribution in [0.1, 0.15) is 15.9 Å². The van der Waals surface area contributed by atoms with E-state index in [4.69, 9.17) is 23.2 Å². The van der Waals surface area contributed by atoms with Gasteiger partial charge >= 0.3 is 0 Å². The molecule has 0 radical (unpaired) electrons. The van der Waals surface area contributed by atoms with E-state index in [1.165, 1.54) is 11.3 Å². The molecule has 2 aromatic rings. The van der Waals surface area contributed by atoms with Crippen molar-refractivity contribution >= 4 is 51.2 Å². The van der Waals surface area contributed by atoms with Crippen molar-refractivity contribution < 1.29 is 9.59 Å². The van der Waals surface area contributed by atoms with Gasteiger partial charge in [0.25, 0.3) is 0 Å². The fraction of sp³-hybridized carbons (Fsp3) is 0.0769. The molecule has 0 saturated heterocycles. The summed E-state index contributed by atoms with van der Waals surface area (Å²) in [5.41, 5.74) is 0.820. The predicted octanol–water partition coefficient (Wildman–Crippen LogP) is 3.81. The van der Waals surface area contributed by atoms with Crippen molar-refractivity contribution in [2.24, 2.45) is 0 Å². The molecule has 1 heterocycles. The van der Waals surface area contributed by atoms with E-state index in [0.717, 1.165) is 0 Å². The van der Waals surface area contributed by atoms with E-state index in [2.05, 4.69) is 5.32 Å². The highest BCUT2D eigenvalue weighted by Gasteiger charge is 2.18. The number of ketones is 1. The number of rotatable bonds is 4. The van der Waals surface area contributed by atoms with Gasteiger partial charge < -0.3 is 5.32 Å². The Morgan fingerprint density at radius 3 is 2.58 bits per heavy atom. The van der Waals surface area contributed by atoms with Crippen LogP contribution < -0.4 is 5.32 Å². The standard InChI is InChI=1S/C13H9Cl2NO2S/c14-7-11(17)16-13-9(5-6-19-13)12(18)8-3-1-2-4-10(8)15/h1-6H,7H2,(H,16,17). The zero-order valence-corrected chi connectivity index (χ0v) is 12.0. The highest BCUT2D eigenvalue weighted by atomic mass is 35.5. The summed E-state index contributed by atoms with van der Waals surface area (Å²) in [6.07, 6.45) is 0. The van der Waals surface area contributed by atoms with Crippen molar-refractivity contribution in [3.8, 4) is 0 Å². The lowest BCUT2D eigenvalue weighted by Crippen LogP contribution is -2.14. The highest BCUT2D eigenvalue weighted by Crippen LogP contribution is 2.28. The van der Waals surface area contributed by atoms with Crippen molar-refractivity contribution in [1.29, 1.82) is 0 Å². The number of carbonyl (C=O) groups excluding carboxylic acids is 2. The third-order valence-electron chi connectivity index (χ3n) is 2.40. The van der Waals surface area contributed by atoms with E-state index in [0.29, 0.717) is 21.2 Å². The van der Waals surface area contributed by atoms with Crippen molar-refractivity contribution in [2.75, 3.05) is 11.2 Å². The number of hydrogen-bond donors (Lipinski definition) is 1. The van der Waals surface area contributed by atoms with Gasteiger partial charge in [0, 0.05) is 5.56 Å². The Bertz CT molecular complexity index is 625. The fourth-order valence-corrected chi connectivity index (χ4v) is 2.62. The average Bonchev–Trinajstić information content (AvgIpc) is 2.86. The van der Waals surface area contributed by atoms with Crippen LogP contribution in [0.2, 0.25) is 5.02 Å². The van der Waals surface area contributed by atoms with Crippen LogP contribution in [-0.4, -0.2) is 17.6 Å². The zero-order valence-electron chi connectivity index (χ0n) is 9.65. The normalized spacial score (nSPS) is 10.2. The van der Waals surface area contributed by atoms with Crippen molar-refractivity contribution in [2.45, 2.75) is 0 Å². The minimum Gasteiger partial charge on any atom is -0.316 e. The summed E-state index contributed by atoms with van der Waals surface area (Å²) in [6, 6.07) is 8.44. The van der Waals surface area contributed by atoms with E-state index in [1.54, 1.807) is 35.7 Å². The van der Waals surface area contributed by atoms with Gasteiger partial charge in [-0.25, -0.2) is 0 Å². The molecule has 19 heavy (non-hydrogen) atoms. The van der Waals surface area contributed by atoms with E-state index < -0.39 is 0 Å². The summed E-state index contributed by atoms with van der Waals surface area (Å²) in [4.78, 5) is 23.6. The summed E-state index contributed by atoms with van der Waals surface area (Å²) in [6.45, 7) is 0. The van der Waals surface area contributed by atoms with Crippen LogP contribution in [0, 0.1) is 0 Å². The second kappa shape index (κ2) is 6.19. The Morgan fingerprint density at radius 1 is 1.16 bits per heavy atom. The molecule has 1 amide bonds. The molecule has 0 aliphatic carbocycles. The molecule has 0 fully saturated rings. The Hall–Kier alpha value is -1.36. The number of carbonyl (C=O) groups is 2. The van der Waals surface area contributed by atoms with Gasteiger partial charge in [0.1, 0.15) is 10.9 Å². The molecular weight excluding hydrogens is 305 g/mol. The maximum Gasteiger partial charge on any atom is 0.239 e.